The molecule has 5 nitrogen and oxygen atoms in total. The molecule has 0 aromatic rings. The van der Waals surface area contributed by atoms with Gasteiger partial charge in [0.25, 0.3) is 0 Å². The molecule has 1 atom stereocenters. The Labute approximate surface area is 160 Å². The first-order valence-corrected chi connectivity index (χ1v) is 10.2. The van der Waals surface area contributed by atoms with Crippen molar-refractivity contribution in [3.63, 3.8) is 0 Å². The molecule has 140 valence electrons. The maximum absolute atomic E-state index is 11.2. The van der Waals surface area contributed by atoms with Crippen LogP contribution in [0.3, 0.4) is 0 Å². The summed E-state index contributed by atoms with van der Waals surface area (Å²) in [7, 11) is -2.92. The van der Waals surface area contributed by atoms with E-state index in [1.165, 1.54) is 6.26 Å². The van der Waals surface area contributed by atoms with Crippen LogP contribution in [0.15, 0.2) is 4.99 Å². The largest absolute Gasteiger partial charge is 0.357 e. The van der Waals surface area contributed by atoms with Crippen molar-refractivity contribution in [3.05, 3.63) is 0 Å². The van der Waals surface area contributed by atoms with Gasteiger partial charge < -0.3 is 10.6 Å². The third kappa shape index (κ3) is 15.2. The van der Waals surface area contributed by atoms with E-state index >= 15 is 0 Å². The topological polar surface area (TPSA) is 70.6 Å². The first kappa shape index (κ1) is 25.2. The highest BCUT2D eigenvalue weighted by Crippen LogP contribution is 2.25. The normalized spacial score (nSPS) is 14.3. The molecule has 0 aliphatic carbocycles. The van der Waals surface area contributed by atoms with Crippen molar-refractivity contribution >= 4 is 39.8 Å². The van der Waals surface area contributed by atoms with Crippen LogP contribution in [0.4, 0.5) is 0 Å². The second-order valence-electron chi connectivity index (χ2n) is 7.42. The van der Waals surface area contributed by atoms with Crippen molar-refractivity contribution < 1.29 is 8.42 Å². The molecule has 2 N–H and O–H groups in total. The number of aliphatic imine (C=N–C) groups is 1. The summed E-state index contributed by atoms with van der Waals surface area (Å²) >= 11 is 0. The van der Waals surface area contributed by atoms with Gasteiger partial charge in [0.1, 0.15) is 9.84 Å². The minimum atomic E-state index is -2.92. The van der Waals surface area contributed by atoms with Crippen molar-refractivity contribution in [3.8, 4) is 0 Å². The number of rotatable bonds is 9. The third-order valence-electron chi connectivity index (χ3n) is 3.28. The Morgan fingerprint density at radius 2 is 1.78 bits per heavy atom. The van der Waals surface area contributed by atoms with Crippen LogP contribution in [0.5, 0.6) is 0 Å². The molecular weight excluding hydrogens is 425 g/mol. The molecule has 0 aliphatic rings. The Hall–Kier alpha value is -0.0500. The SMILES string of the molecule is CCNC(=NCC(C)(C)CC(C)C)NC(C)CCS(C)(=O)=O.I. The number of hydrogen-bond donors (Lipinski definition) is 2. The maximum Gasteiger partial charge on any atom is 0.191 e. The molecule has 1 unspecified atom stereocenters. The van der Waals surface area contributed by atoms with E-state index < -0.39 is 9.84 Å². The summed E-state index contributed by atoms with van der Waals surface area (Å²) in [5.74, 6) is 1.61. The van der Waals surface area contributed by atoms with E-state index in [1.807, 2.05) is 13.8 Å². The molecule has 0 saturated carbocycles. The first-order valence-electron chi connectivity index (χ1n) is 8.18. The average Bonchev–Trinajstić information content (AvgIpc) is 2.31. The smallest absolute Gasteiger partial charge is 0.191 e. The van der Waals surface area contributed by atoms with Gasteiger partial charge in [-0.25, -0.2) is 8.42 Å². The van der Waals surface area contributed by atoms with Crippen molar-refractivity contribution in [2.75, 3.05) is 25.1 Å². The standard InChI is InChI=1S/C16H35N3O2S.HI/c1-8-17-15(18-12-16(5,6)11-13(2)3)19-14(4)9-10-22(7,20)21;/h13-14H,8-12H2,1-7H3,(H2,17,18,19);1H. The summed E-state index contributed by atoms with van der Waals surface area (Å²) in [6.45, 7) is 14.5. The van der Waals surface area contributed by atoms with Gasteiger partial charge in [-0.15, -0.1) is 24.0 Å². The van der Waals surface area contributed by atoms with Gasteiger partial charge in [0.15, 0.2) is 5.96 Å². The summed E-state index contributed by atoms with van der Waals surface area (Å²) in [4.78, 5) is 4.67. The van der Waals surface area contributed by atoms with Gasteiger partial charge in [0.05, 0.1) is 5.75 Å². The molecule has 23 heavy (non-hydrogen) atoms. The molecule has 0 spiro atoms. The highest BCUT2D eigenvalue weighted by atomic mass is 127. The van der Waals surface area contributed by atoms with E-state index in [-0.39, 0.29) is 41.2 Å². The summed E-state index contributed by atoms with van der Waals surface area (Å²) < 4.78 is 22.5. The monoisotopic (exact) mass is 461 g/mol. The van der Waals surface area contributed by atoms with Gasteiger partial charge in [0, 0.05) is 25.4 Å². The number of guanidine groups is 1. The fourth-order valence-corrected chi connectivity index (χ4v) is 3.26. The molecule has 7 heteroatoms. The van der Waals surface area contributed by atoms with Crippen LogP contribution in [0.1, 0.15) is 54.4 Å². The van der Waals surface area contributed by atoms with E-state index in [2.05, 4.69) is 43.3 Å². The van der Waals surface area contributed by atoms with Gasteiger partial charge in [-0.2, -0.15) is 0 Å². The molecule has 0 aromatic heterocycles. The van der Waals surface area contributed by atoms with Crippen molar-refractivity contribution in [2.24, 2.45) is 16.3 Å². The second kappa shape index (κ2) is 11.5. The number of hydrogen-bond acceptors (Lipinski definition) is 3. The zero-order valence-electron chi connectivity index (χ0n) is 15.8. The zero-order valence-corrected chi connectivity index (χ0v) is 18.9. The van der Waals surface area contributed by atoms with Crippen LogP contribution in [-0.2, 0) is 9.84 Å². The molecule has 0 bridgehead atoms. The van der Waals surface area contributed by atoms with Crippen LogP contribution in [-0.4, -0.2) is 45.5 Å². The van der Waals surface area contributed by atoms with Crippen molar-refractivity contribution in [1.82, 2.24) is 10.6 Å². The van der Waals surface area contributed by atoms with Crippen LogP contribution < -0.4 is 10.6 Å². The molecule has 0 aromatic carbocycles. The van der Waals surface area contributed by atoms with Crippen molar-refractivity contribution in [1.29, 1.82) is 0 Å². The molecule has 0 rings (SSSR count). The van der Waals surface area contributed by atoms with E-state index in [1.54, 1.807) is 0 Å². The summed E-state index contributed by atoms with van der Waals surface area (Å²) in [6, 6.07) is 0.0701. The Bertz CT molecular complexity index is 448. The number of halogens is 1. The molecule has 0 fully saturated rings. The maximum atomic E-state index is 11.2. The molecule has 0 aliphatic heterocycles. The molecular formula is C16H36IN3O2S. The summed E-state index contributed by atoms with van der Waals surface area (Å²) in [5.41, 5.74) is 0.159. The van der Waals surface area contributed by atoms with Crippen LogP contribution in [0.2, 0.25) is 0 Å². The minimum absolute atomic E-state index is 0. The minimum Gasteiger partial charge on any atom is -0.357 e. The lowest BCUT2D eigenvalue weighted by atomic mass is 9.84. The Balaban J connectivity index is 0. The predicted molar refractivity (Wildman–Crippen MR) is 112 cm³/mol. The van der Waals surface area contributed by atoms with Gasteiger partial charge >= 0.3 is 0 Å². The average molecular weight is 461 g/mol. The molecule has 0 radical (unpaired) electrons. The lowest BCUT2D eigenvalue weighted by Crippen LogP contribution is -2.43. The number of nitrogens with one attached hydrogen (secondary N) is 2. The summed E-state index contributed by atoms with van der Waals surface area (Å²) in [5, 5.41) is 6.52. The van der Waals surface area contributed by atoms with Gasteiger partial charge in [0.2, 0.25) is 0 Å². The van der Waals surface area contributed by atoms with Crippen LogP contribution in [0, 0.1) is 11.3 Å². The lowest BCUT2D eigenvalue weighted by Gasteiger charge is -2.25. The second-order valence-corrected chi connectivity index (χ2v) is 9.68. The van der Waals surface area contributed by atoms with Gasteiger partial charge in [-0.1, -0.05) is 27.7 Å². The first-order chi connectivity index (χ1) is 9.95. The molecule has 0 heterocycles. The summed E-state index contributed by atoms with van der Waals surface area (Å²) in [6.07, 6.45) is 2.98. The molecule has 0 amide bonds. The van der Waals surface area contributed by atoms with E-state index in [0.717, 1.165) is 25.5 Å². The third-order valence-corrected chi connectivity index (χ3v) is 4.25. The van der Waals surface area contributed by atoms with Crippen LogP contribution >= 0.6 is 24.0 Å². The fourth-order valence-electron chi connectivity index (χ4n) is 2.48. The van der Waals surface area contributed by atoms with E-state index in [4.69, 9.17) is 0 Å². The quantitative estimate of drug-likeness (QED) is 0.315. The van der Waals surface area contributed by atoms with Gasteiger partial charge in [-0.3, -0.25) is 4.99 Å². The molecule has 0 saturated heterocycles. The van der Waals surface area contributed by atoms with E-state index in [0.29, 0.717) is 12.3 Å². The van der Waals surface area contributed by atoms with Crippen LogP contribution in [0.25, 0.3) is 0 Å². The Morgan fingerprint density at radius 1 is 1.22 bits per heavy atom. The Kier molecular flexibility index (Phi) is 12.6. The highest BCUT2D eigenvalue weighted by molar-refractivity contribution is 14.0. The lowest BCUT2D eigenvalue weighted by molar-refractivity contribution is 0.298. The Morgan fingerprint density at radius 3 is 2.22 bits per heavy atom. The number of nitrogens with zero attached hydrogens (tertiary/aromatic N) is 1. The zero-order chi connectivity index (χ0) is 17.4. The van der Waals surface area contributed by atoms with E-state index in [9.17, 15) is 8.42 Å². The number of sulfone groups is 1. The predicted octanol–water partition coefficient (Wildman–Crippen LogP) is 3.06. The fraction of sp³-hybridized carbons (Fsp3) is 0.938. The van der Waals surface area contributed by atoms with Gasteiger partial charge in [-0.05, 0) is 38.0 Å². The van der Waals surface area contributed by atoms with Crippen molar-refractivity contribution in [2.45, 2.75) is 60.4 Å². The highest BCUT2D eigenvalue weighted by Gasteiger charge is 2.19.